The maximum atomic E-state index is 12.4. The van der Waals surface area contributed by atoms with Crippen LogP contribution in [0.2, 0.25) is 0 Å². The number of carbonyl (C=O) groups is 2. The topological polar surface area (TPSA) is 82.0 Å². The van der Waals surface area contributed by atoms with Crippen molar-refractivity contribution in [3.05, 3.63) is 17.0 Å². The summed E-state index contributed by atoms with van der Waals surface area (Å²) in [6.07, 6.45) is 0.433. The molecular weight excluding hydrogens is 302 g/mol. The van der Waals surface area contributed by atoms with E-state index in [9.17, 15) is 13.8 Å². The quantitative estimate of drug-likeness (QED) is 0.783. The summed E-state index contributed by atoms with van der Waals surface area (Å²) in [6.45, 7) is 5.08. The Bertz CT molecular complexity index is 633. The average molecular weight is 319 g/mol. The number of thiophene rings is 1. The van der Waals surface area contributed by atoms with Gasteiger partial charge in [0, 0.05) is 6.26 Å². The van der Waals surface area contributed by atoms with Crippen molar-refractivity contribution in [2.45, 2.75) is 30.6 Å². The monoisotopic (exact) mass is 319 g/mol. The first kappa shape index (κ1) is 16.6. The highest BCUT2D eigenvalue weighted by Gasteiger charge is 2.20. The summed E-state index contributed by atoms with van der Waals surface area (Å²) in [5, 5.41) is 0. The van der Waals surface area contributed by atoms with Crippen molar-refractivity contribution in [2.75, 3.05) is 13.4 Å². The van der Waals surface area contributed by atoms with Crippen molar-refractivity contribution >= 4 is 33.1 Å². The van der Waals surface area contributed by atoms with Crippen LogP contribution in [0.1, 0.15) is 30.4 Å². The molecule has 1 heterocycles. The standard InChI is InChI=1S/C12H17NO5S2/c1-12(2,3)18-11(15)13-20(5,16)9-7-6-8(19-9)10(14)17-4/h6-7H,1-5H3. The number of ether oxygens (including phenoxy) is 2. The number of esters is 1. The van der Waals surface area contributed by atoms with Crippen LogP contribution >= 0.6 is 11.3 Å². The van der Waals surface area contributed by atoms with Crippen molar-refractivity contribution in [1.82, 2.24) is 0 Å². The van der Waals surface area contributed by atoms with Crippen molar-refractivity contribution < 1.29 is 23.3 Å². The van der Waals surface area contributed by atoms with Gasteiger partial charge in [-0.15, -0.1) is 15.7 Å². The highest BCUT2D eigenvalue weighted by atomic mass is 32.2. The molecule has 1 amide bonds. The van der Waals surface area contributed by atoms with Gasteiger partial charge in [-0.3, -0.25) is 0 Å². The Morgan fingerprint density at radius 2 is 1.90 bits per heavy atom. The van der Waals surface area contributed by atoms with E-state index in [1.807, 2.05) is 0 Å². The maximum absolute atomic E-state index is 12.4. The van der Waals surface area contributed by atoms with Crippen molar-refractivity contribution in [3.8, 4) is 0 Å². The molecule has 20 heavy (non-hydrogen) atoms. The van der Waals surface area contributed by atoms with Crippen LogP contribution in [0.3, 0.4) is 0 Å². The van der Waals surface area contributed by atoms with Gasteiger partial charge >= 0.3 is 12.1 Å². The molecule has 0 saturated heterocycles. The van der Waals surface area contributed by atoms with Crippen LogP contribution in [0.15, 0.2) is 20.7 Å². The van der Waals surface area contributed by atoms with E-state index in [0.29, 0.717) is 9.09 Å². The fourth-order valence-electron chi connectivity index (χ4n) is 1.20. The lowest BCUT2D eigenvalue weighted by Crippen LogP contribution is -2.22. The lowest BCUT2D eigenvalue weighted by atomic mass is 10.2. The Morgan fingerprint density at radius 3 is 2.40 bits per heavy atom. The molecule has 0 saturated carbocycles. The van der Waals surface area contributed by atoms with Crippen LogP contribution in [-0.4, -0.2) is 35.2 Å². The van der Waals surface area contributed by atoms with Crippen molar-refractivity contribution in [1.29, 1.82) is 0 Å². The lowest BCUT2D eigenvalue weighted by Gasteiger charge is -2.17. The van der Waals surface area contributed by atoms with Gasteiger partial charge in [-0.05, 0) is 32.9 Å². The molecule has 8 heteroatoms. The van der Waals surface area contributed by atoms with Gasteiger partial charge in [0.25, 0.3) is 0 Å². The molecule has 0 fully saturated rings. The smallest absolute Gasteiger partial charge is 0.442 e. The largest absolute Gasteiger partial charge is 0.465 e. The number of carbonyl (C=O) groups excluding carboxylic acids is 2. The third-order valence-corrected chi connectivity index (χ3v) is 5.40. The Labute approximate surface area is 122 Å². The molecule has 0 aromatic carbocycles. The van der Waals surface area contributed by atoms with Gasteiger partial charge in [0.05, 0.1) is 16.8 Å². The van der Waals surface area contributed by atoms with Gasteiger partial charge < -0.3 is 9.47 Å². The second kappa shape index (κ2) is 5.92. The minimum absolute atomic E-state index is 0.302. The predicted molar refractivity (Wildman–Crippen MR) is 76.7 cm³/mol. The molecule has 0 bridgehead atoms. The zero-order valence-electron chi connectivity index (χ0n) is 12.0. The molecule has 1 aromatic heterocycles. The minimum Gasteiger partial charge on any atom is -0.465 e. The van der Waals surface area contributed by atoms with Crippen LogP contribution in [0.4, 0.5) is 4.79 Å². The normalized spacial score (nSPS) is 14.2. The Hall–Kier alpha value is -1.41. The SMILES string of the molecule is COC(=O)c1ccc(S(C)(=O)=NC(=O)OC(C)(C)C)s1. The van der Waals surface area contributed by atoms with Gasteiger partial charge in [0.1, 0.15) is 14.7 Å². The van der Waals surface area contributed by atoms with E-state index in [-0.39, 0.29) is 0 Å². The molecule has 1 rings (SSSR count). The van der Waals surface area contributed by atoms with E-state index in [1.54, 1.807) is 20.8 Å². The highest BCUT2D eigenvalue weighted by Crippen LogP contribution is 2.24. The number of hydrogen-bond donors (Lipinski definition) is 0. The lowest BCUT2D eigenvalue weighted by molar-refractivity contribution is 0.0596. The molecule has 0 aliphatic carbocycles. The average Bonchev–Trinajstić information content (AvgIpc) is 2.74. The summed E-state index contributed by atoms with van der Waals surface area (Å²) in [4.78, 5) is 23.2. The number of amides is 1. The van der Waals surface area contributed by atoms with Crippen LogP contribution in [0.5, 0.6) is 0 Å². The van der Waals surface area contributed by atoms with E-state index in [2.05, 4.69) is 9.10 Å². The van der Waals surface area contributed by atoms with Gasteiger partial charge in [0.2, 0.25) is 0 Å². The second-order valence-corrected chi connectivity index (χ2v) is 8.55. The summed E-state index contributed by atoms with van der Waals surface area (Å²) in [5.41, 5.74) is -0.706. The molecular formula is C12H17NO5S2. The molecule has 1 aromatic rings. The molecule has 0 spiro atoms. The van der Waals surface area contributed by atoms with Gasteiger partial charge in [-0.1, -0.05) is 0 Å². The first-order valence-corrected chi connectivity index (χ1v) is 8.42. The van der Waals surface area contributed by atoms with Crippen LogP contribution in [0.25, 0.3) is 0 Å². The number of nitrogens with zero attached hydrogens (tertiary/aromatic N) is 1. The van der Waals surface area contributed by atoms with Gasteiger partial charge in [0.15, 0.2) is 0 Å². The van der Waals surface area contributed by atoms with Crippen molar-refractivity contribution in [2.24, 2.45) is 4.36 Å². The number of hydrogen-bond acceptors (Lipinski definition) is 6. The van der Waals surface area contributed by atoms with Crippen LogP contribution in [-0.2, 0) is 19.2 Å². The van der Waals surface area contributed by atoms with E-state index in [4.69, 9.17) is 4.74 Å². The summed E-state index contributed by atoms with van der Waals surface area (Å²) in [6, 6.07) is 2.98. The number of rotatable bonds is 2. The summed E-state index contributed by atoms with van der Waals surface area (Å²) in [5.74, 6) is -0.520. The van der Waals surface area contributed by atoms with Gasteiger partial charge in [-0.25, -0.2) is 13.8 Å². The minimum atomic E-state index is -2.94. The third-order valence-electron chi connectivity index (χ3n) is 1.98. The van der Waals surface area contributed by atoms with E-state index >= 15 is 0 Å². The molecule has 0 N–H and O–H groups in total. The highest BCUT2D eigenvalue weighted by molar-refractivity contribution is 7.95. The molecule has 0 aliphatic rings. The molecule has 1 unspecified atom stereocenters. The Morgan fingerprint density at radius 1 is 1.30 bits per heavy atom. The fourth-order valence-corrected chi connectivity index (χ4v) is 3.59. The molecule has 6 nitrogen and oxygen atoms in total. The van der Waals surface area contributed by atoms with E-state index < -0.39 is 27.4 Å². The van der Waals surface area contributed by atoms with Crippen LogP contribution < -0.4 is 0 Å². The Balaban J connectivity index is 3.04. The summed E-state index contributed by atoms with van der Waals surface area (Å²) >= 11 is 0.981. The third kappa shape index (κ3) is 4.61. The fraction of sp³-hybridized carbons (Fsp3) is 0.500. The number of methoxy groups -OCH3 is 1. The van der Waals surface area contributed by atoms with Gasteiger partial charge in [-0.2, -0.15) is 0 Å². The molecule has 0 radical (unpaired) electrons. The predicted octanol–water partition coefficient (Wildman–Crippen LogP) is 2.93. The zero-order chi connectivity index (χ0) is 15.6. The van der Waals surface area contributed by atoms with E-state index in [0.717, 1.165) is 11.3 Å². The maximum Gasteiger partial charge on any atom is 0.442 e. The van der Waals surface area contributed by atoms with Crippen molar-refractivity contribution in [3.63, 3.8) is 0 Å². The summed E-state index contributed by atoms with van der Waals surface area (Å²) < 4.78 is 25.9. The first-order valence-electron chi connectivity index (χ1n) is 5.68. The summed E-state index contributed by atoms with van der Waals surface area (Å²) in [7, 11) is -1.68. The first-order chi connectivity index (χ1) is 9.05. The van der Waals surface area contributed by atoms with Crippen LogP contribution in [0, 0.1) is 0 Å². The zero-order valence-corrected chi connectivity index (χ0v) is 13.6. The Kier molecular flexibility index (Phi) is 4.93. The molecule has 0 aliphatic heterocycles. The second-order valence-electron chi connectivity index (χ2n) is 4.98. The molecule has 1 atom stereocenters. The molecule has 112 valence electrons. The van der Waals surface area contributed by atoms with E-state index in [1.165, 1.54) is 25.5 Å².